The fraction of sp³-hybridized carbons (Fsp3) is 0.0851. The second-order valence-electron chi connectivity index (χ2n) is 13.6. The van der Waals surface area contributed by atoms with Gasteiger partial charge in [0.05, 0.1) is 5.41 Å². The molecule has 3 aliphatic rings. The van der Waals surface area contributed by atoms with Crippen molar-refractivity contribution in [2.45, 2.75) is 18.8 Å². The van der Waals surface area contributed by atoms with Crippen LogP contribution in [0.4, 0.5) is 0 Å². The van der Waals surface area contributed by atoms with Crippen LogP contribution in [0.1, 0.15) is 41.2 Å². The summed E-state index contributed by atoms with van der Waals surface area (Å²) in [6.07, 6.45) is 7.89. The normalized spacial score (nSPS) is 16.0. The first-order valence-corrected chi connectivity index (χ1v) is 17.6. The van der Waals surface area contributed by atoms with Crippen LogP contribution < -0.4 is 4.74 Å². The van der Waals surface area contributed by atoms with E-state index in [0.717, 1.165) is 45.7 Å². The molecular formula is C47H33N3O. The minimum absolute atomic E-state index is 0.568. The first-order chi connectivity index (χ1) is 25.2. The minimum atomic E-state index is -0.568. The molecule has 51 heavy (non-hydrogen) atoms. The van der Waals surface area contributed by atoms with Crippen LogP contribution in [-0.2, 0) is 5.41 Å². The van der Waals surface area contributed by atoms with Crippen LogP contribution >= 0.6 is 0 Å². The molecule has 0 fully saturated rings. The maximum atomic E-state index is 6.55. The molecule has 7 aromatic rings. The Morgan fingerprint density at radius 2 is 1.04 bits per heavy atom. The van der Waals surface area contributed by atoms with E-state index in [2.05, 4.69) is 140 Å². The summed E-state index contributed by atoms with van der Waals surface area (Å²) in [6.45, 7) is 2.25. The van der Waals surface area contributed by atoms with Crippen molar-refractivity contribution >= 4 is 5.57 Å². The van der Waals surface area contributed by atoms with Gasteiger partial charge in [0.25, 0.3) is 0 Å². The van der Waals surface area contributed by atoms with Gasteiger partial charge in [0, 0.05) is 27.8 Å². The van der Waals surface area contributed by atoms with Gasteiger partial charge in [-0.05, 0) is 63.9 Å². The topological polar surface area (TPSA) is 47.9 Å². The lowest BCUT2D eigenvalue weighted by Gasteiger charge is -2.39. The third kappa shape index (κ3) is 4.64. The SMILES string of the molecule is CC1C=CC(c2ccc(-c3nc(-c4ccccc4)nc(-c4ccc5c(c4)C4(c6ccccc6Oc6ccccc64)c4ccccc4-5)n3)cc2)=CC1. The highest BCUT2D eigenvalue weighted by Crippen LogP contribution is 2.62. The van der Waals surface area contributed by atoms with E-state index in [-0.39, 0.29) is 0 Å². The zero-order valence-corrected chi connectivity index (χ0v) is 28.1. The van der Waals surface area contributed by atoms with E-state index in [0.29, 0.717) is 23.4 Å². The lowest BCUT2D eigenvalue weighted by atomic mass is 9.66. The molecule has 0 saturated heterocycles. The van der Waals surface area contributed by atoms with Gasteiger partial charge in [-0.1, -0.05) is 153 Å². The number of rotatable bonds is 4. The van der Waals surface area contributed by atoms with E-state index < -0.39 is 5.41 Å². The minimum Gasteiger partial charge on any atom is -0.457 e. The summed E-state index contributed by atoms with van der Waals surface area (Å²) in [4.78, 5) is 15.3. The Morgan fingerprint density at radius 3 is 1.71 bits per heavy atom. The van der Waals surface area contributed by atoms with Crippen molar-refractivity contribution in [3.05, 3.63) is 192 Å². The average Bonchev–Trinajstić information content (AvgIpc) is 3.48. The molecule has 4 nitrogen and oxygen atoms in total. The van der Waals surface area contributed by atoms with Crippen LogP contribution in [0.2, 0.25) is 0 Å². The van der Waals surface area contributed by atoms with Crippen LogP contribution in [0.5, 0.6) is 11.5 Å². The number of para-hydroxylation sites is 2. The zero-order chi connectivity index (χ0) is 33.9. The maximum Gasteiger partial charge on any atom is 0.164 e. The zero-order valence-electron chi connectivity index (χ0n) is 28.1. The van der Waals surface area contributed by atoms with Gasteiger partial charge in [0.1, 0.15) is 11.5 Å². The summed E-state index contributed by atoms with van der Waals surface area (Å²) in [5.74, 6) is 4.25. The molecule has 0 saturated carbocycles. The molecule has 1 spiro atoms. The molecule has 242 valence electrons. The Morgan fingerprint density at radius 1 is 0.510 bits per heavy atom. The lowest BCUT2D eigenvalue weighted by molar-refractivity contribution is 0.436. The van der Waals surface area contributed by atoms with Crippen LogP contribution in [-0.4, -0.2) is 15.0 Å². The molecule has 2 aliphatic carbocycles. The molecule has 1 aliphatic heterocycles. The monoisotopic (exact) mass is 655 g/mol. The second-order valence-corrected chi connectivity index (χ2v) is 13.6. The van der Waals surface area contributed by atoms with Gasteiger partial charge in [-0.2, -0.15) is 0 Å². The van der Waals surface area contributed by atoms with E-state index in [4.69, 9.17) is 19.7 Å². The van der Waals surface area contributed by atoms with Gasteiger partial charge >= 0.3 is 0 Å². The van der Waals surface area contributed by atoms with E-state index in [9.17, 15) is 0 Å². The number of benzene rings is 6. The Bertz CT molecular complexity index is 2500. The van der Waals surface area contributed by atoms with Gasteiger partial charge < -0.3 is 4.74 Å². The lowest BCUT2D eigenvalue weighted by Crippen LogP contribution is -2.32. The summed E-state index contributed by atoms with van der Waals surface area (Å²) in [5, 5.41) is 0. The maximum absolute atomic E-state index is 6.55. The highest BCUT2D eigenvalue weighted by molar-refractivity contribution is 5.90. The van der Waals surface area contributed by atoms with Gasteiger partial charge in [0.15, 0.2) is 17.5 Å². The van der Waals surface area contributed by atoms with Crippen molar-refractivity contribution in [1.82, 2.24) is 15.0 Å². The third-order valence-corrected chi connectivity index (χ3v) is 10.6. The average molecular weight is 656 g/mol. The van der Waals surface area contributed by atoms with Crippen molar-refractivity contribution in [1.29, 1.82) is 0 Å². The molecule has 2 heterocycles. The molecule has 1 unspecified atom stereocenters. The smallest absolute Gasteiger partial charge is 0.164 e. The number of nitrogens with zero attached hydrogens (tertiary/aromatic N) is 3. The van der Waals surface area contributed by atoms with E-state index >= 15 is 0 Å². The molecule has 0 bridgehead atoms. The van der Waals surface area contributed by atoms with Gasteiger partial charge in [0.2, 0.25) is 0 Å². The molecule has 10 rings (SSSR count). The Hall–Kier alpha value is -6.39. The van der Waals surface area contributed by atoms with Crippen molar-refractivity contribution in [2.75, 3.05) is 0 Å². The van der Waals surface area contributed by atoms with Crippen LogP contribution in [0.25, 0.3) is 50.9 Å². The fourth-order valence-corrected chi connectivity index (χ4v) is 8.10. The van der Waals surface area contributed by atoms with Gasteiger partial charge in [-0.3, -0.25) is 0 Å². The van der Waals surface area contributed by atoms with Crippen LogP contribution in [0.3, 0.4) is 0 Å². The van der Waals surface area contributed by atoms with Crippen LogP contribution in [0, 0.1) is 5.92 Å². The number of allylic oxidation sites excluding steroid dienone is 4. The standard InChI is InChI=1S/C47H33N3O/c1-30-19-21-31(22-20-30)32-23-25-34(26-24-32)45-48-44(33-11-3-2-4-12-33)49-46(50-45)35-27-28-37-36-13-5-6-14-38(36)47(41(37)29-35)39-15-7-9-17-42(39)51-43-18-10-8-16-40(43)47/h2-19,21-30H,20H2,1H3. The molecule has 0 amide bonds. The first kappa shape index (κ1) is 29.5. The first-order valence-electron chi connectivity index (χ1n) is 17.6. The number of aromatic nitrogens is 3. The number of ether oxygens (including phenoxy) is 1. The summed E-state index contributed by atoms with van der Waals surface area (Å²) >= 11 is 0. The van der Waals surface area contributed by atoms with Crippen molar-refractivity contribution in [2.24, 2.45) is 5.92 Å². The Balaban J connectivity index is 1.17. The largest absolute Gasteiger partial charge is 0.457 e. The summed E-state index contributed by atoms with van der Waals surface area (Å²) in [6, 6.07) is 51.1. The van der Waals surface area contributed by atoms with E-state index in [1.165, 1.54) is 33.4 Å². The van der Waals surface area contributed by atoms with E-state index in [1.54, 1.807) is 0 Å². The highest BCUT2D eigenvalue weighted by atomic mass is 16.5. The molecular weight excluding hydrogens is 623 g/mol. The molecule has 0 N–H and O–H groups in total. The van der Waals surface area contributed by atoms with Crippen LogP contribution in [0.15, 0.2) is 164 Å². The summed E-state index contributed by atoms with van der Waals surface area (Å²) in [5.41, 5.74) is 11.8. The predicted molar refractivity (Wildman–Crippen MR) is 204 cm³/mol. The third-order valence-electron chi connectivity index (χ3n) is 10.6. The fourth-order valence-electron chi connectivity index (χ4n) is 8.10. The van der Waals surface area contributed by atoms with Gasteiger partial charge in [-0.15, -0.1) is 0 Å². The number of hydrogen-bond acceptors (Lipinski definition) is 4. The van der Waals surface area contributed by atoms with Crippen molar-refractivity contribution < 1.29 is 4.74 Å². The Kier molecular flexibility index (Phi) is 6.72. The number of fused-ring (bicyclic) bond motifs is 9. The Labute approximate surface area is 297 Å². The molecule has 1 atom stereocenters. The second kappa shape index (κ2) is 11.6. The quantitative estimate of drug-likeness (QED) is 0.189. The molecule has 0 radical (unpaired) electrons. The molecule has 1 aromatic heterocycles. The van der Waals surface area contributed by atoms with E-state index in [1.807, 2.05) is 30.3 Å². The molecule has 4 heteroatoms. The number of hydrogen-bond donors (Lipinski definition) is 0. The van der Waals surface area contributed by atoms with Gasteiger partial charge in [-0.25, -0.2) is 15.0 Å². The summed E-state index contributed by atoms with van der Waals surface area (Å²) in [7, 11) is 0. The predicted octanol–water partition coefficient (Wildman–Crippen LogP) is 11.3. The summed E-state index contributed by atoms with van der Waals surface area (Å²) < 4.78 is 6.55. The highest BCUT2D eigenvalue weighted by Gasteiger charge is 2.51. The van der Waals surface area contributed by atoms with Crippen molar-refractivity contribution in [3.63, 3.8) is 0 Å². The molecule has 6 aromatic carbocycles. The van der Waals surface area contributed by atoms with Crippen molar-refractivity contribution in [3.8, 4) is 56.8 Å².